The molecule has 1 atom stereocenters. The lowest BCUT2D eigenvalue weighted by molar-refractivity contribution is -0.155. The van der Waals surface area contributed by atoms with E-state index in [1.165, 1.54) is 25.8 Å². The lowest BCUT2D eigenvalue weighted by Crippen LogP contribution is -2.51. The van der Waals surface area contributed by atoms with Crippen molar-refractivity contribution in [3.8, 4) is 5.75 Å². The molecule has 0 radical (unpaired) electrons. The molecule has 0 aromatic heterocycles. The zero-order chi connectivity index (χ0) is 16.9. The van der Waals surface area contributed by atoms with Crippen LogP contribution in [0.25, 0.3) is 0 Å². The minimum atomic E-state index is -1.21. The number of benzene rings is 1. The van der Waals surface area contributed by atoms with E-state index in [0.717, 1.165) is 11.3 Å². The van der Waals surface area contributed by atoms with E-state index in [1.54, 1.807) is 7.11 Å². The van der Waals surface area contributed by atoms with E-state index in [0.29, 0.717) is 12.8 Å². The summed E-state index contributed by atoms with van der Waals surface area (Å²) in [6, 6.07) is 7.71. The number of amides is 1. The summed E-state index contributed by atoms with van der Waals surface area (Å²) in [4.78, 5) is 24.8. The second kappa shape index (κ2) is 7.29. The predicted molar refractivity (Wildman–Crippen MR) is 85.0 cm³/mol. The van der Waals surface area contributed by atoms with E-state index in [1.807, 2.05) is 31.2 Å². The summed E-state index contributed by atoms with van der Waals surface area (Å²) in [7, 11) is 3.16. The number of likely N-dealkylation sites (N-methyl/N-ethyl adjacent to an activating group) is 1. The molecule has 122 valence electrons. The Labute approximate surface area is 131 Å². The normalized spacial score (nSPS) is 12.6. The first-order valence-corrected chi connectivity index (χ1v) is 7.32. The largest absolute Gasteiger partial charge is 0.496 e. The second-order valence-corrected chi connectivity index (χ2v) is 6.14. The molecule has 0 aliphatic carbocycles. The summed E-state index contributed by atoms with van der Waals surface area (Å²) >= 11 is 0. The number of hydrogen-bond acceptors (Lipinski definition) is 3. The van der Waals surface area contributed by atoms with Gasteiger partial charge in [-0.05, 0) is 37.8 Å². The number of carbonyl (C=O) groups excluding carboxylic acids is 1. The predicted octanol–water partition coefficient (Wildman–Crippen LogP) is 2.59. The molecule has 5 heteroatoms. The van der Waals surface area contributed by atoms with E-state index >= 15 is 0 Å². The lowest BCUT2D eigenvalue weighted by atomic mass is 9.95. The van der Waals surface area contributed by atoms with Gasteiger partial charge >= 0.3 is 5.97 Å². The summed E-state index contributed by atoms with van der Waals surface area (Å²) in [5.41, 5.74) is -0.160. The van der Waals surface area contributed by atoms with Crippen LogP contribution in [0.3, 0.4) is 0 Å². The summed E-state index contributed by atoms with van der Waals surface area (Å²) in [6.07, 6.45) is 1.00. The number of carboxylic acid groups (broad SMARTS) is 1. The van der Waals surface area contributed by atoms with Crippen LogP contribution in [0.15, 0.2) is 24.3 Å². The number of ether oxygens (including phenoxy) is 1. The fraction of sp³-hybridized carbons (Fsp3) is 0.529. The summed E-state index contributed by atoms with van der Waals surface area (Å²) in [5.74, 6) is -0.285. The topological polar surface area (TPSA) is 66.8 Å². The third-order valence-electron chi connectivity index (χ3n) is 4.02. The molecule has 1 aromatic rings. The molecule has 0 aliphatic heterocycles. The Balaban J connectivity index is 2.70. The van der Waals surface area contributed by atoms with Crippen LogP contribution in [0, 0.1) is 5.92 Å². The highest BCUT2D eigenvalue weighted by Gasteiger charge is 2.35. The Morgan fingerprint density at radius 3 is 2.45 bits per heavy atom. The van der Waals surface area contributed by atoms with Crippen LogP contribution in [0.5, 0.6) is 5.75 Å². The van der Waals surface area contributed by atoms with E-state index in [2.05, 4.69) is 0 Å². The fourth-order valence-electron chi connectivity index (χ4n) is 2.21. The van der Waals surface area contributed by atoms with Crippen molar-refractivity contribution in [3.63, 3.8) is 0 Å². The molecule has 0 bridgehead atoms. The average molecular weight is 307 g/mol. The van der Waals surface area contributed by atoms with Crippen molar-refractivity contribution < 1.29 is 19.4 Å². The van der Waals surface area contributed by atoms with Crippen molar-refractivity contribution in [3.05, 3.63) is 29.8 Å². The summed E-state index contributed by atoms with van der Waals surface area (Å²) < 4.78 is 5.31. The number of nitrogens with zero attached hydrogens (tertiary/aromatic N) is 1. The number of aliphatic carboxylic acids is 1. The van der Waals surface area contributed by atoms with Crippen LogP contribution in [-0.4, -0.2) is 41.6 Å². The van der Waals surface area contributed by atoms with Crippen molar-refractivity contribution in [2.45, 2.75) is 39.2 Å². The maximum atomic E-state index is 12.3. The maximum Gasteiger partial charge on any atom is 0.329 e. The van der Waals surface area contributed by atoms with Gasteiger partial charge in [0.1, 0.15) is 11.3 Å². The third-order valence-corrected chi connectivity index (χ3v) is 4.02. The molecular formula is C17H25NO4. The van der Waals surface area contributed by atoms with Gasteiger partial charge in [0.2, 0.25) is 5.91 Å². The maximum absolute atomic E-state index is 12.3. The van der Waals surface area contributed by atoms with E-state index < -0.39 is 11.5 Å². The average Bonchev–Trinajstić information content (AvgIpc) is 2.46. The first kappa shape index (κ1) is 18.0. The van der Waals surface area contributed by atoms with Gasteiger partial charge in [0.25, 0.3) is 0 Å². The zero-order valence-corrected chi connectivity index (χ0v) is 13.9. The Morgan fingerprint density at radius 2 is 1.91 bits per heavy atom. The highest BCUT2D eigenvalue weighted by Crippen LogP contribution is 2.23. The number of para-hydroxylation sites is 1. The van der Waals surface area contributed by atoms with Crippen molar-refractivity contribution in [2.75, 3.05) is 14.2 Å². The van der Waals surface area contributed by atoms with Gasteiger partial charge in [0.15, 0.2) is 0 Å². The Hall–Kier alpha value is -2.04. The van der Waals surface area contributed by atoms with Crippen LogP contribution >= 0.6 is 0 Å². The number of carbonyl (C=O) groups is 2. The zero-order valence-electron chi connectivity index (χ0n) is 13.9. The smallest absolute Gasteiger partial charge is 0.329 e. The van der Waals surface area contributed by atoms with Gasteiger partial charge in [-0.3, -0.25) is 4.79 Å². The van der Waals surface area contributed by atoms with E-state index in [-0.39, 0.29) is 11.8 Å². The van der Waals surface area contributed by atoms with Crippen LogP contribution < -0.4 is 4.74 Å². The molecule has 1 unspecified atom stereocenters. The molecule has 1 rings (SSSR count). The van der Waals surface area contributed by atoms with E-state index in [9.17, 15) is 14.7 Å². The van der Waals surface area contributed by atoms with Crippen LogP contribution in [0.4, 0.5) is 0 Å². The molecule has 1 N–H and O–H groups in total. The Kier molecular flexibility index (Phi) is 5.97. The fourth-order valence-corrected chi connectivity index (χ4v) is 2.21. The Morgan fingerprint density at radius 1 is 1.32 bits per heavy atom. The van der Waals surface area contributed by atoms with Gasteiger partial charge in [-0.2, -0.15) is 0 Å². The number of methoxy groups -OCH3 is 1. The molecule has 5 nitrogen and oxygen atoms in total. The summed E-state index contributed by atoms with van der Waals surface area (Å²) in [5, 5.41) is 9.19. The first-order chi connectivity index (χ1) is 10.2. The molecule has 0 saturated heterocycles. The number of hydrogen-bond donors (Lipinski definition) is 1. The first-order valence-electron chi connectivity index (χ1n) is 7.32. The number of carboxylic acids is 1. The van der Waals surface area contributed by atoms with Crippen LogP contribution in [0.1, 0.15) is 32.8 Å². The molecule has 0 heterocycles. The van der Waals surface area contributed by atoms with E-state index in [4.69, 9.17) is 4.74 Å². The van der Waals surface area contributed by atoms with Crippen molar-refractivity contribution in [1.82, 2.24) is 4.90 Å². The highest BCUT2D eigenvalue weighted by molar-refractivity contribution is 5.86. The van der Waals surface area contributed by atoms with Gasteiger partial charge in [0.05, 0.1) is 7.11 Å². The SMILES string of the molecule is COc1ccccc1CC(C)CC(=O)N(C)C(C)(C)C(=O)O. The quantitative estimate of drug-likeness (QED) is 0.841. The molecule has 22 heavy (non-hydrogen) atoms. The molecule has 0 aliphatic rings. The molecule has 0 saturated carbocycles. The monoisotopic (exact) mass is 307 g/mol. The minimum absolute atomic E-state index is 0.0934. The molecule has 1 amide bonds. The standard InChI is InChI=1S/C17H25NO4/c1-12(10-13-8-6-7-9-14(13)22-5)11-15(19)18(4)17(2,3)16(20)21/h6-9,12H,10-11H2,1-5H3,(H,20,21). The van der Waals surface area contributed by atoms with Gasteiger partial charge in [0, 0.05) is 13.5 Å². The van der Waals surface area contributed by atoms with Gasteiger partial charge in [-0.25, -0.2) is 4.79 Å². The van der Waals surface area contributed by atoms with Crippen molar-refractivity contribution >= 4 is 11.9 Å². The Bertz CT molecular complexity index is 539. The molecule has 0 spiro atoms. The van der Waals surface area contributed by atoms with Crippen LogP contribution in [-0.2, 0) is 16.0 Å². The molecular weight excluding hydrogens is 282 g/mol. The van der Waals surface area contributed by atoms with Gasteiger partial charge in [-0.15, -0.1) is 0 Å². The van der Waals surface area contributed by atoms with Gasteiger partial charge in [-0.1, -0.05) is 25.1 Å². The third kappa shape index (κ3) is 4.23. The summed E-state index contributed by atoms with van der Waals surface area (Å²) in [6.45, 7) is 5.03. The van der Waals surface area contributed by atoms with Gasteiger partial charge < -0.3 is 14.7 Å². The van der Waals surface area contributed by atoms with Crippen molar-refractivity contribution in [1.29, 1.82) is 0 Å². The minimum Gasteiger partial charge on any atom is -0.496 e. The molecule has 0 fully saturated rings. The molecule has 1 aromatic carbocycles. The lowest BCUT2D eigenvalue weighted by Gasteiger charge is -2.32. The second-order valence-electron chi connectivity index (χ2n) is 6.14. The van der Waals surface area contributed by atoms with Crippen molar-refractivity contribution in [2.24, 2.45) is 5.92 Å². The highest BCUT2D eigenvalue weighted by atomic mass is 16.5. The number of rotatable bonds is 7. The van der Waals surface area contributed by atoms with Crippen LogP contribution in [0.2, 0.25) is 0 Å².